The van der Waals surface area contributed by atoms with Crippen LogP contribution in [0.5, 0.6) is 11.5 Å². The van der Waals surface area contributed by atoms with Gasteiger partial charge in [-0.1, -0.05) is 83.7 Å². The highest BCUT2D eigenvalue weighted by atomic mass is 19.3. The number of halogens is 2. The molecular weight excluding hydrogens is 578 g/mol. The molecule has 0 spiro atoms. The van der Waals surface area contributed by atoms with Gasteiger partial charge in [0.15, 0.2) is 6.10 Å². The smallest absolute Gasteiger partial charge is 0.294 e. The van der Waals surface area contributed by atoms with Gasteiger partial charge in [-0.2, -0.15) is 0 Å². The zero-order valence-corrected chi connectivity index (χ0v) is 28.1. The van der Waals surface area contributed by atoms with Gasteiger partial charge in [0.2, 0.25) is 0 Å². The molecule has 1 aliphatic rings. The summed E-state index contributed by atoms with van der Waals surface area (Å²) in [5.74, 6) is -3.42. The average Bonchev–Trinajstić information content (AvgIpc) is 3.04. The van der Waals surface area contributed by atoms with Crippen LogP contribution < -0.4 is 9.47 Å². The molecule has 1 fully saturated rings. The molecule has 0 saturated heterocycles. The molecule has 0 bridgehead atoms. The summed E-state index contributed by atoms with van der Waals surface area (Å²) in [6, 6.07) is 15.1. The Balaban J connectivity index is 2.03. The summed E-state index contributed by atoms with van der Waals surface area (Å²) in [7, 11) is 1.63. The molecule has 1 saturated carbocycles. The standard InChI is InChI=1S/C37H56F2O6/c1-6-10-22-41-27-31-33(42-23-11-7-2)34(43-24-12-8-3)35(44-25-13-9-4)36(37(31,38)39)45-32-17-15-14-16-29(32)26-28-18-20-30(40-5)21-19-28/h14-21,31,33-36H,6-13,22-27H2,1-5H3/t31-,33-,34+,35-,36+/m1/s1. The van der Waals surface area contributed by atoms with Crippen molar-refractivity contribution >= 4 is 0 Å². The predicted molar refractivity (Wildman–Crippen MR) is 175 cm³/mol. The number of para-hydroxylation sites is 1. The molecule has 1 aliphatic carbocycles. The van der Waals surface area contributed by atoms with E-state index >= 15 is 8.78 Å². The molecule has 3 rings (SSSR count). The normalized spacial score (nSPS) is 22.8. The lowest BCUT2D eigenvalue weighted by Gasteiger charge is -2.50. The van der Waals surface area contributed by atoms with Crippen molar-refractivity contribution in [1.29, 1.82) is 0 Å². The topological polar surface area (TPSA) is 55.4 Å². The number of alkyl halides is 2. The Kier molecular flexibility index (Phi) is 16.6. The van der Waals surface area contributed by atoms with Crippen LogP contribution in [0.4, 0.5) is 8.78 Å². The third-order valence-corrected chi connectivity index (χ3v) is 8.36. The first-order chi connectivity index (χ1) is 21.9. The lowest BCUT2D eigenvalue weighted by molar-refractivity contribution is -0.292. The molecule has 45 heavy (non-hydrogen) atoms. The third-order valence-electron chi connectivity index (χ3n) is 8.36. The van der Waals surface area contributed by atoms with E-state index in [1.165, 1.54) is 0 Å². The van der Waals surface area contributed by atoms with Crippen molar-refractivity contribution < 1.29 is 37.2 Å². The minimum absolute atomic E-state index is 0.146. The molecule has 2 aromatic rings. The summed E-state index contributed by atoms with van der Waals surface area (Å²) in [6.07, 6.45) is 3.01. The second-order valence-corrected chi connectivity index (χ2v) is 11.9. The summed E-state index contributed by atoms with van der Waals surface area (Å²) >= 11 is 0. The van der Waals surface area contributed by atoms with Crippen LogP contribution in [0.15, 0.2) is 48.5 Å². The van der Waals surface area contributed by atoms with Crippen molar-refractivity contribution in [3.05, 3.63) is 59.7 Å². The van der Waals surface area contributed by atoms with Gasteiger partial charge in [0.25, 0.3) is 5.92 Å². The summed E-state index contributed by atoms with van der Waals surface area (Å²) in [5, 5.41) is 0. The molecule has 0 amide bonds. The highest BCUT2D eigenvalue weighted by molar-refractivity contribution is 5.39. The van der Waals surface area contributed by atoms with E-state index in [1.807, 2.05) is 42.5 Å². The van der Waals surface area contributed by atoms with Gasteiger partial charge in [-0.3, -0.25) is 0 Å². The quantitative estimate of drug-likeness (QED) is 0.121. The van der Waals surface area contributed by atoms with Crippen LogP contribution in [0, 0.1) is 5.92 Å². The summed E-state index contributed by atoms with van der Waals surface area (Å²) in [4.78, 5) is 0. The van der Waals surface area contributed by atoms with E-state index in [-0.39, 0.29) is 6.61 Å². The highest BCUT2D eigenvalue weighted by Gasteiger charge is 2.64. The fourth-order valence-electron chi connectivity index (χ4n) is 5.58. The Morgan fingerprint density at radius 3 is 1.82 bits per heavy atom. The largest absolute Gasteiger partial charge is 0.497 e. The lowest BCUT2D eigenvalue weighted by Crippen LogP contribution is -2.69. The van der Waals surface area contributed by atoms with Gasteiger partial charge in [-0.05, 0) is 55.0 Å². The highest BCUT2D eigenvalue weighted by Crippen LogP contribution is 2.45. The van der Waals surface area contributed by atoms with Crippen molar-refractivity contribution in [3.63, 3.8) is 0 Å². The first-order valence-corrected chi connectivity index (χ1v) is 17.1. The van der Waals surface area contributed by atoms with Gasteiger partial charge in [0.1, 0.15) is 23.7 Å². The summed E-state index contributed by atoms with van der Waals surface area (Å²) in [5.41, 5.74) is 1.83. The van der Waals surface area contributed by atoms with Gasteiger partial charge in [-0.15, -0.1) is 0 Å². The zero-order valence-electron chi connectivity index (χ0n) is 28.1. The number of hydrogen-bond acceptors (Lipinski definition) is 6. The van der Waals surface area contributed by atoms with E-state index in [1.54, 1.807) is 13.2 Å². The number of unbranched alkanes of at least 4 members (excludes halogenated alkanes) is 4. The summed E-state index contributed by atoms with van der Waals surface area (Å²) in [6.45, 7) is 9.65. The van der Waals surface area contributed by atoms with Gasteiger partial charge >= 0.3 is 0 Å². The average molecular weight is 635 g/mol. The van der Waals surface area contributed by atoms with Crippen LogP contribution in [0.3, 0.4) is 0 Å². The molecule has 6 nitrogen and oxygen atoms in total. The monoisotopic (exact) mass is 634 g/mol. The van der Waals surface area contributed by atoms with Crippen molar-refractivity contribution in [2.24, 2.45) is 5.92 Å². The van der Waals surface area contributed by atoms with Gasteiger partial charge < -0.3 is 28.4 Å². The van der Waals surface area contributed by atoms with E-state index in [4.69, 9.17) is 28.4 Å². The van der Waals surface area contributed by atoms with Crippen LogP contribution in [-0.4, -0.2) is 70.5 Å². The van der Waals surface area contributed by atoms with Crippen molar-refractivity contribution in [1.82, 2.24) is 0 Å². The molecule has 0 radical (unpaired) electrons. The molecule has 0 heterocycles. The van der Waals surface area contributed by atoms with Crippen LogP contribution in [0.1, 0.15) is 90.2 Å². The van der Waals surface area contributed by atoms with Crippen molar-refractivity contribution in [2.75, 3.05) is 40.1 Å². The Morgan fingerprint density at radius 1 is 0.667 bits per heavy atom. The van der Waals surface area contributed by atoms with E-state index in [2.05, 4.69) is 27.7 Å². The lowest BCUT2D eigenvalue weighted by atomic mass is 9.77. The third kappa shape index (κ3) is 10.9. The zero-order chi connectivity index (χ0) is 32.5. The molecule has 0 aromatic heterocycles. The van der Waals surface area contributed by atoms with Crippen LogP contribution in [0.2, 0.25) is 0 Å². The van der Waals surface area contributed by atoms with E-state index < -0.39 is 36.3 Å². The minimum atomic E-state index is -3.32. The molecule has 5 atom stereocenters. The second-order valence-electron chi connectivity index (χ2n) is 11.9. The number of hydrogen-bond donors (Lipinski definition) is 0. The molecule has 8 heteroatoms. The Hall–Kier alpha value is -2.26. The fourth-order valence-corrected chi connectivity index (χ4v) is 5.58. The SMILES string of the molecule is CCCCOC[C@@H]1[C@@H](OCCCC)[C@H](OCCCC)[C@@H](OCCCC)[C@H](Oc2ccccc2Cc2ccc(OC)cc2)C1(F)F. The maximum atomic E-state index is 17.0. The maximum absolute atomic E-state index is 17.0. The van der Waals surface area contributed by atoms with Gasteiger partial charge in [0.05, 0.1) is 25.7 Å². The minimum Gasteiger partial charge on any atom is -0.497 e. The van der Waals surface area contributed by atoms with Crippen LogP contribution in [-0.2, 0) is 25.4 Å². The van der Waals surface area contributed by atoms with E-state index in [0.29, 0.717) is 38.6 Å². The fraction of sp³-hybridized carbons (Fsp3) is 0.676. The Morgan fingerprint density at radius 2 is 1.22 bits per heavy atom. The van der Waals surface area contributed by atoms with Gasteiger partial charge in [-0.25, -0.2) is 8.78 Å². The number of methoxy groups -OCH3 is 1. The van der Waals surface area contributed by atoms with Crippen molar-refractivity contribution in [2.45, 2.75) is 116 Å². The van der Waals surface area contributed by atoms with Gasteiger partial charge in [0, 0.05) is 32.8 Å². The molecule has 0 aliphatic heterocycles. The van der Waals surface area contributed by atoms with E-state index in [0.717, 1.165) is 68.2 Å². The van der Waals surface area contributed by atoms with E-state index in [9.17, 15) is 0 Å². The summed E-state index contributed by atoms with van der Waals surface area (Å²) < 4.78 is 70.7. The molecule has 0 unspecified atom stereocenters. The molecule has 2 aromatic carbocycles. The first kappa shape index (κ1) is 37.2. The molecular formula is C37H56F2O6. The molecule has 0 N–H and O–H groups in total. The Bertz CT molecular complexity index is 1070. The number of benzene rings is 2. The number of rotatable bonds is 22. The second kappa shape index (κ2) is 20.1. The molecule has 254 valence electrons. The number of ether oxygens (including phenoxy) is 6. The first-order valence-electron chi connectivity index (χ1n) is 17.1. The van der Waals surface area contributed by atoms with Crippen LogP contribution in [0.25, 0.3) is 0 Å². The maximum Gasteiger partial charge on any atom is 0.294 e. The Labute approximate surface area is 270 Å². The van der Waals surface area contributed by atoms with Crippen molar-refractivity contribution in [3.8, 4) is 11.5 Å². The van der Waals surface area contributed by atoms with Crippen LogP contribution >= 0.6 is 0 Å². The predicted octanol–water partition coefficient (Wildman–Crippen LogP) is 8.67.